The quantitative estimate of drug-likeness (QED) is 0.532. The second-order valence-electron chi connectivity index (χ2n) is 4.24. The largest absolute Gasteiger partial charge is 1.00 e. The summed E-state index contributed by atoms with van der Waals surface area (Å²) in [4.78, 5) is 0. The minimum atomic E-state index is 0. The van der Waals surface area contributed by atoms with Crippen LogP contribution in [0.2, 0.25) is 0 Å². The number of rotatable bonds is 8. The zero-order valence-electron chi connectivity index (χ0n) is 11.5. The Kier molecular flexibility index (Phi) is 11.0. The van der Waals surface area contributed by atoms with E-state index in [2.05, 4.69) is 27.7 Å². The highest BCUT2D eigenvalue weighted by molar-refractivity contribution is 4.43. The molecule has 0 saturated carbocycles. The Balaban J connectivity index is -0.000000720. The minimum absolute atomic E-state index is 0. The lowest BCUT2D eigenvalue weighted by molar-refractivity contribution is -0.928. The summed E-state index contributed by atoms with van der Waals surface area (Å²) in [5.41, 5.74) is 0. The molecule has 2 heteroatoms. The van der Waals surface area contributed by atoms with Gasteiger partial charge >= 0.3 is 1.43 Å². The third-order valence-electron chi connectivity index (χ3n) is 2.79. The molecule has 1 nitrogen and oxygen atoms in total. The van der Waals surface area contributed by atoms with E-state index >= 15 is 0 Å². The van der Waals surface area contributed by atoms with Gasteiger partial charge in [-0.25, -0.2) is 0 Å². The first kappa shape index (κ1) is 16.3. The molecule has 0 rings (SSSR count). The predicted molar refractivity (Wildman–Crippen MR) is 64.5 cm³/mol. The third kappa shape index (κ3) is 5.58. The number of quaternary nitrogens is 1. The SMILES string of the molecule is CCC[N+](CCC)(CCC)CCC.F.[H+]. The Bertz CT molecular complexity index is 90.7. The topological polar surface area (TPSA) is 0 Å². The van der Waals surface area contributed by atoms with Gasteiger partial charge in [0.25, 0.3) is 0 Å². The third-order valence-corrected chi connectivity index (χ3v) is 2.79. The normalized spacial score (nSPS) is 11.1. The molecule has 0 N–H and O–H groups in total. The molecule has 0 aromatic heterocycles. The van der Waals surface area contributed by atoms with Crippen molar-refractivity contribution in [1.29, 1.82) is 0 Å². The molecule has 0 unspecified atom stereocenters. The van der Waals surface area contributed by atoms with Crippen molar-refractivity contribution in [2.45, 2.75) is 53.4 Å². The fourth-order valence-corrected chi connectivity index (χ4v) is 2.57. The summed E-state index contributed by atoms with van der Waals surface area (Å²) in [7, 11) is 0. The van der Waals surface area contributed by atoms with Crippen molar-refractivity contribution < 1.29 is 10.6 Å². The zero-order valence-corrected chi connectivity index (χ0v) is 10.5. The highest BCUT2D eigenvalue weighted by Gasteiger charge is 2.22. The Morgan fingerprint density at radius 3 is 1.00 bits per heavy atom. The van der Waals surface area contributed by atoms with Gasteiger partial charge in [0.1, 0.15) is 0 Å². The monoisotopic (exact) mass is 207 g/mol. The molecule has 0 aromatic carbocycles. The van der Waals surface area contributed by atoms with E-state index in [4.69, 9.17) is 0 Å². The lowest BCUT2D eigenvalue weighted by Crippen LogP contribution is -2.50. The first-order chi connectivity index (χ1) is 6.24. The molecular weight excluding hydrogens is 177 g/mol. The van der Waals surface area contributed by atoms with Crippen LogP contribution in [0, 0.1) is 0 Å². The first-order valence-corrected chi connectivity index (χ1v) is 6.09. The van der Waals surface area contributed by atoms with Crippen LogP contribution in [0.1, 0.15) is 54.8 Å². The van der Waals surface area contributed by atoms with Crippen molar-refractivity contribution in [1.82, 2.24) is 0 Å². The summed E-state index contributed by atoms with van der Waals surface area (Å²) < 4.78 is 1.38. The molecule has 0 amide bonds. The van der Waals surface area contributed by atoms with Gasteiger partial charge in [0.15, 0.2) is 0 Å². The van der Waals surface area contributed by atoms with Crippen molar-refractivity contribution in [2.75, 3.05) is 26.2 Å². The van der Waals surface area contributed by atoms with E-state index in [1.807, 2.05) is 0 Å². The Labute approximate surface area is 90.9 Å². The van der Waals surface area contributed by atoms with E-state index in [0.717, 1.165) is 0 Å². The molecule has 0 saturated heterocycles. The summed E-state index contributed by atoms with van der Waals surface area (Å²) in [6, 6.07) is 0. The number of hydrogen-bond donors (Lipinski definition) is 0. The van der Waals surface area contributed by atoms with Crippen LogP contribution in [0.5, 0.6) is 0 Å². The molecule has 0 spiro atoms. The molecule has 0 aliphatic carbocycles. The number of nitrogens with zero attached hydrogens (tertiary/aromatic N) is 1. The van der Waals surface area contributed by atoms with Crippen LogP contribution in [0.25, 0.3) is 0 Å². The molecule has 0 radical (unpaired) electrons. The Morgan fingerprint density at radius 2 is 0.857 bits per heavy atom. The van der Waals surface area contributed by atoms with Gasteiger partial charge in [-0.2, -0.15) is 0 Å². The lowest BCUT2D eigenvalue weighted by atomic mass is 10.2. The van der Waals surface area contributed by atoms with Gasteiger partial charge in [-0.3, -0.25) is 4.70 Å². The fraction of sp³-hybridized carbons (Fsp3) is 1.00. The van der Waals surface area contributed by atoms with Crippen LogP contribution in [-0.2, 0) is 0 Å². The number of halogens is 1. The van der Waals surface area contributed by atoms with Crippen LogP contribution in [0.3, 0.4) is 0 Å². The van der Waals surface area contributed by atoms with E-state index in [1.54, 1.807) is 0 Å². The fourth-order valence-electron chi connectivity index (χ4n) is 2.57. The summed E-state index contributed by atoms with van der Waals surface area (Å²) in [6.07, 6.45) is 5.33. The molecule has 0 atom stereocenters. The van der Waals surface area contributed by atoms with Crippen molar-refractivity contribution in [3.05, 3.63) is 0 Å². The van der Waals surface area contributed by atoms with Crippen LogP contribution >= 0.6 is 0 Å². The molecule has 0 aliphatic rings. The van der Waals surface area contributed by atoms with Gasteiger partial charge in [0, 0.05) is 0 Å². The standard InChI is InChI=1S/C12H28N.FH/c1-5-9-13(10-6-2,11-7-3)12-8-4;/h5-12H2,1-4H3;1H/q+1;/p+1. The average molecular weight is 207 g/mol. The Hall–Kier alpha value is -0.110. The molecule has 14 heavy (non-hydrogen) atoms. The van der Waals surface area contributed by atoms with Crippen LogP contribution in [0.4, 0.5) is 4.70 Å². The molecule has 0 heterocycles. The van der Waals surface area contributed by atoms with Gasteiger partial charge in [0.2, 0.25) is 0 Å². The molecular formula is C12H30FN+2. The smallest absolute Gasteiger partial charge is 0.324 e. The van der Waals surface area contributed by atoms with Crippen LogP contribution in [0.15, 0.2) is 0 Å². The van der Waals surface area contributed by atoms with E-state index in [1.165, 1.54) is 56.3 Å². The van der Waals surface area contributed by atoms with Crippen LogP contribution < -0.4 is 0 Å². The number of hydrogen-bond acceptors (Lipinski definition) is 0. The highest BCUT2D eigenvalue weighted by Crippen LogP contribution is 2.12. The summed E-state index contributed by atoms with van der Waals surface area (Å²) >= 11 is 0. The summed E-state index contributed by atoms with van der Waals surface area (Å²) in [5, 5.41) is 0. The second-order valence-corrected chi connectivity index (χ2v) is 4.24. The second kappa shape index (κ2) is 9.45. The minimum Gasteiger partial charge on any atom is -0.324 e. The van der Waals surface area contributed by atoms with Gasteiger partial charge < -0.3 is 4.48 Å². The van der Waals surface area contributed by atoms with E-state index in [-0.39, 0.29) is 6.13 Å². The van der Waals surface area contributed by atoms with Crippen molar-refractivity contribution in [3.8, 4) is 0 Å². The maximum atomic E-state index is 2.31. The molecule has 0 fully saturated rings. The summed E-state index contributed by atoms with van der Waals surface area (Å²) in [6.45, 7) is 14.8. The van der Waals surface area contributed by atoms with Gasteiger partial charge in [-0.1, -0.05) is 27.7 Å². The summed E-state index contributed by atoms with van der Waals surface area (Å²) in [5.74, 6) is 0. The molecule has 0 aromatic rings. The lowest BCUT2D eigenvalue weighted by Gasteiger charge is -2.38. The van der Waals surface area contributed by atoms with Gasteiger partial charge in [0.05, 0.1) is 26.2 Å². The zero-order chi connectivity index (χ0) is 10.2. The Morgan fingerprint density at radius 1 is 0.643 bits per heavy atom. The van der Waals surface area contributed by atoms with E-state index in [9.17, 15) is 0 Å². The molecule has 0 bridgehead atoms. The maximum absolute atomic E-state index is 2.31. The molecule has 88 valence electrons. The van der Waals surface area contributed by atoms with Crippen LogP contribution in [-0.4, -0.2) is 30.7 Å². The highest BCUT2D eigenvalue weighted by atomic mass is 19.0. The van der Waals surface area contributed by atoms with Crippen molar-refractivity contribution >= 4 is 0 Å². The van der Waals surface area contributed by atoms with E-state index < -0.39 is 0 Å². The van der Waals surface area contributed by atoms with Gasteiger partial charge in [-0.05, 0) is 25.7 Å². The maximum Gasteiger partial charge on any atom is 1.00 e. The average Bonchev–Trinajstić information content (AvgIpc) is 2.06. The van der Waals surface area contributed by atoms with Crippen molar-refractivity contribution in [2.24, 2.45) is 0 Å². The van der Waals surface area contributed by atoms with Gasteiger partial charge in [-0.15, -0.1) is 0 Å². The molecule has 0 aliphatic heterocycles. The van der Waals surface area contributed by atoms with Crippen molar-refractivity contribution in [3.63, 3.8) is 0 Å². The van der Waals surface area contributed by atoms with E-state index in [0.29, 0.717) is 0 Å². The first-order valence-electron chi connectivity index (χ1n) is 6.09. The predicted octanol–water partition coefficient (Wildman–Crippen LogP) is 3.71.